The summed E-state index contributed by atoms with van der Waals surface area (Å²) in [5, 5.41) is 14.1. The fraction of sp³-hybridized carbons (Fsp3) is 0.795. The molecule has 0 aromatic rings. The van der Waals surface area contributed by atoms with Gasteiger partial charge in [-0.05, 0) is 59.7 Å². The zero-order valence-electron chi connectivity index (χ0n) is 32.9. The molecule has 292 valence electrons. The molecule has 3 aliphatic rings. The van der Waals surface area contributed by atoms with Crippen molar-refractivity contribution in [3.8, 4) is 12.3 Å². The SMILES string of the molecule is C#CCCC(NC(=O)C1C2C(CN1C(=O)C(NC(=O)NC(COC(=O)NCC(C)C)C(C)(C)C)C1(C)CCCCC1)C2(C)C)C(=O)C(=O)NCCC. The summed E-state index contributed by atoms with van der Waals surface area (Å²) in [7, 11) is 0. The molecular formula is C39H64N6O7. The second kappa shape index (κ2) is 17.8. The fourth-order valence-electron chi connectivity index (χ4n) is 7.74. The van der Waals surface area contributed by atoms with Gasteiger partial charge in [-0.15, -0.1) is 12.3 Å². The van der Waals surface area contributed by atoms with Gasteiger partial charge < -0.3 is 36.2 Å². The van der Waals surface area contributed by atoms with Gasteiger partial charge in [0.05, 0.1) is 12.1 Å². The number of likely N-dealkylation sites (tertiary alicyclic amines) is 1. The first-order valence-electron chi connectivity index (χ1n) is 19.1. The van der Waals surface area contributed by atoms with Crippen LogP contribution in [0.1, 0.15) is 114 Å². The summed E-state index contributed by atoms with van der Waals surface area (Å²) in [5.41, 5.74) is -1.29. The lowest BCUT2D eigenvalue weighted by molar-refractivity contribution is -0.146. The minimum absolute atomic E-state index is 0.0535. The number of fused-ring (bicyclic) bond motifs is 1. The Kier molecular flexibility index (Phi) is 14.6. The molecule has 2 saturated carbocycles. The van der Waals surface area contributed by atoms with Crippen LogP contribution in [0.3, 0.4) is 0 Å². The molecule has 1 saturated heterocycles. The summed E-state index contributed by atoms with van der Waals surface area (Å²) >= 11 is 0. The molecule has 3 fully saturated rings. The number of ketones is 1. The van der Waals surface area contributed by atoms with E-state index < -0.39 is 64.7 Å². The number of hydrogen-bond acceptors (Lipinski definition) is 7. The lowest BCUT2D eigenvalue weighted by Crippen LogP contribution is -2.63. The lowest BCUT2D eigenvalue weighted by atomic mass is 9.70. The molecule has 0 radical (unpaired) electrons. The largest absolute Gasteiger partial charge is 0.447 e. The van der Waals surface area contributed by atoms with Crippen molar-refractivity contribution in [3.63, 3.8) is 0 Å². The topological polar surface area (TPSA) is 175 Å². The molecule has 6 unspecified atom stereocenters. The quantitative estimate of drug-likeness (QED) is 0.118. The summed E-state index contributed by atoms with van der Waals surface area (Å²) < 4.78 is 5.46. The Hall–Kier alpha value is -3.82. The van der Waals surface area contributed by atoms with Crippen LogP contribution in [-0.4, -0.2) is 90.9 Å². The predicted molar refractivity (Wildman–Crippen MR) is 199 cm³/mol. The van der Waals surface area contributed by atoms with E-state index in [0.717, 1.165) is 19.3 Å². The number of Topliss-reactive ketones (excluding diaryl/α,β-unsaturated/α-hetero) is 1. The number of terminal acetylenes is 1. The second-order valence-electron chi connectivity index (χ2n) is 17.4. The van der Waals surface area contributed by atoms with Gasteiger partial charge in [0.1, 0.15) is 18.7 Å². The number of ether oxygens (including phenoxy) is 1. The zero-order chi connectivity index (χ0) is 39.0. The number of carbonyl (C=O) groups is 6. The maximum Gasteiger partial charge on any atom is 0.407 e. The highest BCUT2D eigenvalue weighted by Crippen LogP contribution is 2.65. The molecule has 0 aromatic heterocycles. The van der Waals surface area contributed by atoms with Crippen LogP contribution >= 0.6 is 0 Å². The van der Waals surface area contributed by atoms with Crippen molar-refractivity contribution < 1.29 is 33.5 Å². The van der Waals surface area contributed by atoms with Gasteiger partial charge in [0, 0.05) is 26.1 Å². The molecule has 0 spiro atoms. The first-order valence-corrected chi connectivity index (χ1v) is 19.1. The van der Waals surface area contributed by atoms with Crippen molar-refractivity contribution >= 4 is 35.6 Å². The normalized spacial score (nSPS) is 23.2. The highest BCUT2D eigenvalue weighted by molar-refractivity contribution is 6.38. The third-order valence-electron chi connectivity index (χ3n) is 11.3. The van der Waals surface area contributed by atoms with Crippen molar-refractivity contribution in [2.75, 3.05) is 26.2 Å². The average Bonchev–Trinajstić information content (AvgIpc) is 3.38. The van der Waals surface area contributed by atoms with Gasteiger partial charge in [0.2, 0.25) is 17.6 Å². The number of carbonyl (C=O) groups excluding carboxylic acids is 6. The number of urea groups is 1. The van der Waals surface area contributed by atoms with E-state index in [1.807, 2.05) is 48.5 Å². The van der Waals surface area contributed by atoms with Crippen molar-refractivity contribution in [3.05, 3.63) is 0 Å². The summed E-state index contributed by atoms with van der Waals surface area (Å²) in [5.74, 6) is 0.190. The molecule has 5 N–H and O–H groups in total. The number of rotatable bonds is 16. The molecule has 0 bridgehead atoms. The molecule has 6 atom stereocenters. The smallest absolute Gasteiger partial charge is 0.407 e. The lowest BCUT2D eigenvalue weighted by Gasteiger charge is -2.43. The van der Waals surface area contributed by atoms with Crippen LogP contribution < -0.4 is 26.6 Å². The van der Waals surface area contributed by atoms with Crippen LogP contribution in [0.5, 0.6) is 0 Å². The molecule has 2 aliphatic carbocycles. The van der Waals surface area contributed by atoms with Crippen molar-refractivity contribution in [2.24, 2.45) is 34.0 Å². The Bertz CT molecular complexity index is 1360. The predicted octanol–water partition coefficient (Wildman–Crippen LogP) is 3.90. The standard InChI is InChI=1S/C39H64N6O7/c1-11-13-17-26(30(46)33(48)40-20-12-2)42-32(47)29-28-25(38(28,8)9)22-45(29)34(49)31(39(10)18-15-14-16-19-39)44-35(50)43-27(37(5,6)7)23-52-36(51)41-21-24(3)4/h1,24-29,31H,12-23H2,2-10H3,(H,40,48)(H,41,51)(H,42,47)(H2,43,44,50). The van der Waals surface area contributed by atoms with Crippen LogP contribution in [0.25, 0.3) is 0 Å². The number of amides is 6. The molecule has 52 heavy (non-hydrogen) atoms. The van der Waals surface area contributed by atoms with Gasteiger partial charge >= 0.3 is 12.1 Å². The van der Waals surface area contributed by atoms with E-state index in [1.165, 1.54) is 0 Å². The van der Waals surface area contributed by atoms with E-state index in [2.05, 4.69) is 46.4 Å². The summed E-state index contributed by atoms with van der Waals surface area (Å²) in [6.45, 7) is 18.8. The highest BCUT2D eigenvalue weighted by Gasteiger charge is 2.70. The van der Waals surface area contributed by atoms with Crippen LogP contribution in [-0.2, 0) is 23.9 Å². The molecule has 0 aromatic carbocycles. The maximum absolute atomic E-state index is 14.8. The Morgan fingerprint density at radius 2 is 1.62 bits per heavy atom. The first kappa shape index (κ1) is 42.6. The van der Waals surface area contributed by atoms with Gasteiger partial charge in [-0.1, -0.05) is 81.6 Å². The van der Waals surface area contributed by atoms with Gasteiger partial charge in [-0.25, -0.2) is 9.59 Å². The Morgan fingerprint density at radius 1 is 0.962 bits per heavy atom. The molecule has 13 nitrogen and oxygen atoms in total. The van der Waals surface area contributed by atoms with Gasteiger partial charge in [-0.2, -0.15) is 0 Å². The minimum Gasteiger partial charge on any atom is -0.447 e. The molecule has 3 rings (SSSR count). The third-order valence-corrected chi connectivity index (χ3v) is 11.3. The number of nitrogens with one attached hydrogen (secondary N) is 5. The molecule has 1 heterocycles. The minimum atomic E-state index is -1.14. The first-order chi connectivity index (χ1) is 24.3. The van der Waals surface area contributed by atoms with Crippen molar-refractivity contribution in [1.29, 1.82) is 0 Å². The Labute approximate surface area is 310 Å². The Morgan fingerprint density at radius 3 is 2.19 bits per heavy atom. The number of hydrogen-bond donors (Lipinski definition) is 5. The summed E-state index contributed by atoms with van der Waals surface area (Å²) in [6.07, 6.45) is 10.1. The van der Waals surface area contributed by atoms with E-state index in [-0.39, 0.29) is 48.5 Å². The fourth-order valence-corrected chi connectivity index (χ4v) is 7.74. The van der Waals surface area contributed by atoms with Crippen LogP contribution in [0, 0.1) is 46.3 Å². The molecule has 1 aliphatic heterocycles. The van der Waals surface area contributed by atoms with E-state index in [4.69, 9.17) is 11.2 Å². The van der Waals surface area contributed by atoms with Crippen molar-refractivity contribution in [1.82, 2.24) is 31.5 Å². The average molecular weight is 729 g/mol. The molecule has 6 amide bonds. The second-order valence-corrected chi connectivity index (χ2v) is 17.4. The van der Waals surface area contributed by atoms with Crippen LogP contribution in [0.4, 0.5) is 9.59 Å². The van der Waals surface area contributed by atoms with Crippen LogP contribution in [0.15, 0.2) is 0 Å². The zero-order valence-corrected chi connectivity index (χ0v) is 32.9. The van der Waals surface area contributed by atoms with E-state index >= 15 is 0 Å². The third kappa shape index (κ3) is 10.6. The number of nitrogens with zero attached hydrogens (tertiary/aromatic N) is 1. The Balaban J connectivity index is 1.86. The van der Waals surface area contributed by atoms with E-state index in [9.17, 15) is 28.8 Å². The summed E-state index contributed by atoms with van der Waals surface area (Å²) in [4.78, 5) is 82.5. The van der Waals surface area contributed by atoms with E-state index in [0.29, 0.717) is 38.9 Å². The molecular weight excluding hydrogens is 664 g/mol. The maximum atomic E-state index is 14.8. The molecule has 13 heteroatoms. The van der Waals surface area contributed by atoms with Gasteiger partial charge in [0.25, 0.3) is 5.91 Å². The number of piperidine rings is 1. The monoisotopic (exact) mass is 728 g/mol. The highest BCUT2D eigenvalue weighted by atomic mass is 16.5. The van der Waals surface area contributed by atoms with E-state index in [1.54, 1.807) is 4.90 Å². The number of alkyl carbamates (subject to hydrolysis) is 1. The van der Waals surface area contributed by atoms with Gasteiger partial charge in [0.15, 0.2) is 0 Å². The van der Waals surface area contributed by atoms with Crippen LogP contribution in [0.2, 0.25) is 0 Å². The van der Waals surface area contributed by atoms with Crippen molar-refractivity contribution in [2.45, 2.75) is 138 Å². The van der Waals surface area contributed by atoms with Gasteiger partial charge in [-0.3, -0.25) is 19.2 Å². The summed E-state index contributed by atoms with van der Waals surface area (Å²) in [6, 6.07) is -4.12.